The lowest BCUT2D eigenvalue weighted by atomic mass is 10.1. The quantitative estimate of drug-likeness (QED) is 0.477. The molecule has 0 radical (unpaired) electrons. The van der Waals surface area contributed by atoms with E-state index >= 15 is 0 Å². The summed E-state index contributed by atoms with van der Waals surface area (Å²) in [4.78, 5) is 22.4. The van der Waals surface area contributed by atoms with Crippen LogP contribution >= 0.6 is 35.3 Å². The topological polar surface area (TPSA) is 45.7 Å². The predicted octanol–water partition coefficient (Wildman–Crippen LogP) is 5.36. The number of fused-ring (bicyclic) bond motifs is 1. The number of benzene rings is 2. The van der Waals surface area contributed by atoms with Crippen LogP contribution in [0, 0.1) is 13.8 Å². The summed E-state index contributed by atoms with van der Waals surface area (Å²) in [5, 5.41) is 1.42. The Morgan fingerprint density at radius 3 is 2.61 bits per heavy atom. The molecule has 8 heteroatoms. The molecular formula is C23H27Cl2N3O2S. The molecule has 0 aliphatic carbocycles. The summed E-state index contributed by atoms with van der Waals surface area (Å²) in [6.45, 7) is 9.05. The zero-order chi connectivity index (χ0) is 21.1. The first-order chi connectivity index (χ1) is 14.5. The molecule has 5 nitrogen and oxygen atoms in total. The first kappa shape index (κ1) is 24.0. The van der Waals surface area contributed by atoms with Gasteiger partial charge >= 0.3 is 0 Å². The van der Waals surface area contributed by atoms with Gasteiger partial charge in [0.15, 0.2) is 5.13 Å². The van der Waals surface area contributed by atoms with E-state index in [1.54, 1.807) is 0 Å². The number of aryl methyl sites for hydroxylation is 2. The van der Waals surface area contributed by atoms with Gasteiger partial charge in [-0.15, -0.1) is 12.4 Å². The lowest BCUT2D eigenvalue weighted by Crippen LogP contribution is -2.39. The lowest BCUT2D eigenvalue weighted by Gasteiger charge is -2.27. The fraction of sp³-hybridized carbons (Fsp3) is 0.391. The van der Waals surface area contributed by atoms with Crippen LogP contribution < -0.4 is 4.90 Å². The molecule has 0 unspecified atom stereocenters. The number of hydrogen-bond acceptors (Lipinski definition) is 5. The van der Waals surface area contributed by atoms with Gasteiger partial charge in [0, 0.05) is 36.8 Å². The van der Waals surface area contributed by atoms with Crippen LogP contribution in [0.5, 0.6) is 0 Å². The molecule has 1 aliphatic rings. The maximum Gasteiger partial charge on any atom is 0.260 e. The van der Waals surface area contributed by atoms with Crippen LogP contribution in [0.15, 0.2) is 36.4 Å². The molecule has 0 bridgehead atoms. The molecule has 1 saturated heterocycles. The summed E-state index contributed by atoms with van der Waals surface area (Å²) in [6.07, 6.45) is 0.882. The number of ether oxygens (including phenoxy) is 1. The molecule has 0 spiro atoms. The third kappa shape index (κ3) is 5.76. The molecule has 4 rings (SSSR count). The molecule has 1 aliphatic heterocycles. The number of rotatable bonds is 6. The molecule has 2 aromatic carbocycles. The van der Waals surface area contributed by atoms with Crippen molar-refractivity contribution in [3.05, 3.63) is 58.1 Å². The Labute approximate surface area is 198 Å². The van der Waals surface area contributed by atoms with Crippen molar-refractivity contribution in [3.63, 3.8) is 0 Å². The highest BCUT2D eigenvalue weighted by Gasteiger charge is 2.22. The number of thiazole rings is 1. The molecule has 1 aromatic heterocycles. The normalized spacial score (nSPS) is 14.4. The van der Waals surface area contributed by atoms with Gasteiger partial charge < -0.3 is 4.74 Å². The molecule has 1 amide bonds. The number of anilines is 1. The third-order valence-corrected chi connectivity index (χ3v) is 6.62. The number of nitrogens with zero attached hydrogens (tertiary/aromatic N) is 3. The number of hydrogen-bond donors (Lipinski definition) is 0. The monoisotopic (exact) mass is 479 g/mol. The highest BCUT2D eigenvalue weighted by atomic mass is 35.5. The summed E-state index contributed by atoms with van der Waals surface area (Å²) in [6, 6.07) is 11.6. The third-order valence-electron chi connectivity index (χ3n) is 5.37. The summed E-state index contributed by atoms with van der Waals surface area (Å²) < 4.78 is 6.44. The predicted molar refractivity (Wildman–Crippen MR) is 131 cm³/mol. The Morgan fingerprint density at radius 2 is 1.90 bits per heavy atom. The van der Waals surface area contributed by atoms with Crippen molar-refractivity contribution in [2.24, 2.45) is 0 Å². The Bertz CT molecular complexity index is 1030. The van der Waals surface area contributed by atoms with Crippen molar-refractivity contribution < 1.29 is 9.53 Å². The Balaban J connectivity index is 0.00000272. The largest absolute Gasteiger partial charge is 0.379 e. The minimum Gasteiger partial charge on any atom is -0.379 e. The maximum atomic E-state index is 13.4. The first-order valence-corrected chi connectivity index (χ1v) is 11.5. The number of carbonyl (C=O) groups is 1. The second-order valence-corrected chi connectivity index (χ2v) is 9.14. The number of halogens is 2. The Morgan fingerprint density at radius 1 is 1.19 bits per heavy atom. The van der Waals surface area contributed by atoms with E-state index in [1.807, 2.05) is 55.1 Å². The average Bonchev–Trinajstić information content (AvgIpc) is 3.16. The fourth-order valence-electron chi connectivity index (χ4n) is 3.67. The molecule has 2 heterocycles. The van der Waals surface area contributed by atoms with Gasteiger partial charge in [-0.2, -0.15) is 0 Å². The van der Waals surface area contributed by atoms with E-state index in [9.17, 15) is 4.79 Å². The highest BCUT2D eigenvalue weighted by molar-refractivity contribution is 7.22. The number of morpholine rings is 1. The SMILES string of the molecule is Cc1ccc(C(=O)N(CCCN2CCOCC2)c2nc3c(C)cc(Cl)cc3s2)cc1.Cl. The van der Waals surface area contributed by atoms with Crippen molar-refractivity contribution in [2.45, 2.75) is 20.3 Å². The molecular weight excluding hydrogens is 453 g/mol. The van der Waals surface area contributed by atoms with Crippen LogP contribution in [0.25, 0.3) is 10.2 Å². The smallest absolute Gasteiger partial charge is 0.260 e. The molecule has 0 atom stereocenters. The number of carbonyl (C=O) groups excluding carboxylic acids is 1. The van der Waals surface area contributed by atoms with Gasteiger partial charge in [0.25, 0.3) is 5.91 Å². The van der Waals surface area contributed by atoms with E-state index in [0.717, 1.165) is 65.7 Å². The second kappa shape index (κ2) is 10.7. The van der Waals surface area contributed by atoms with Crippen LogP contribution in [-0.4, -0.2) is 55.2 Å². The van der Waals surface area contributed by atoms with E-state index in [1.165, 1.54) is 11.3 Å². The zero-order valence-electron chi connectivity index (χ0n) is 17.8. The molecule has 166 valence electrons. The van der Waals surface area contributed by atoms with E-state index in [-0.39, 0.29) is 18.3 Å². The highest BCUT2D eigenvalue weighted by Crippen LogP contribution is 2.33. The van der Waals surface area contributed by atoms with Gasteiger partial charge in [-0.25, -0.2) is 4.98 Å². The number of aromatic nitrogens is 1. The van der Waals surface area contributed by atoms with Gasteiger partial charge in [-0.1, -0.05) is 40.6 Å². The standard InChI is InChI=1S/C23H26ClN3O2S.ClH/c1-16-4-6-18(7-5-16)22(28)27(9-3-8-26-10-12-29-13-11-26)23-25-21-17(2)14-19(24)15-20(21)30-23;/h4-7,14-15H,3,8-13H2,1-2H3;1H. The van der Waals surface area contributed by atoms with Gasteiger partial charge in [0.05, 0.1) is 23.4 Å². The van der Waals surface area contributed by atoms with Gasteiger partial charge in [-0.05, 0) is 50.1 Å². The second-order valence-electron chi connectivity index (χ2n) is 7.70. The Hall–Kier alpha value is -1.70. The van der Waals surface area contributed by atoms with E-state index in [2.05, 4.69) is 4.90 Å². The van der Waals surface area contributed by atoms with E-state index in [0.29, 0.717) is 17.1 Å². The van der Waals surface area contributed by atoms with E-state index < -0.39 is 0 Å². The lowest BCUT2D eigenvalue weighted by molar-refractivity contribution is 0.0376. The van der Waals surface area contributed by atoms with Gasteiger partial charge in [-0.3, -0.25) is 14.6 Å². The van der Waals surface area contributed by atoms with Crippen molar-refractivity contribution in [2.75, 3.05) is 44.3 Å². The number of amides is 1. The molecule has 0 N–H and O–H groups in total. The molecule has 0 saturated carbocycles. The Kier molecular flexibility index (Phi) is 8.30. The minimum atomic E-state index is -0.0141. The summed E-state index contributed by atoms with van der Waals surface area (Å²) in [5.74, 6) is -0.0141. The minimum absolute atomic E-state index is 0. The van der Waals surface area contributed by atoms with Crippen LogP contribution in [0.3, 0.4) is 0 Å². The summed E-state index contributed by atoms with van der Waals surface area (Å²) >= 11 is 7.76. The molecule has 3 aromatic rings. The zero-order valence-corrected chi connectivity index (χ0v) is 20.2. The van der Waals surface area contributed by atoms with Crippen molar-refractivity contribution in [1.82, 2.24) is 9.88 Å². The van der Waals surface area contributed by atoms with Crippen LogP contribution in [0.2, 0.25) is 5.02 Å². The average molecular weight is 480 g/mol. The van der Waals surface area contributed by atoms with Crippen LogP contribution in [-0.2, 0) is 4.74 Å². The van der Waals surface area contributed by atoms with Crippen molar-refractivity contribution >= 4 is 56.6 Å². The van der Waals surface area contributed by atoms with Gasteiger partial charge in [0.2, 0.25) is 0 Å². The van der Waals surface area contributed by atoms with Crippen molar-refractivity contribution in [1.29, 1.82) is 0 Å². The molecule has 1 fully saturated rings. The van der Waals surface area contributed by atoms with Crippen LogP contribution in [0.1, 0.15) is 27.9 Å². The van der Waals surface area contributed by atoms with Gasteiger partial charge in [0.1, 0.15) is 0 Å². The van der Waals surface area contributed by atoms with E-state index in [4.69, 9.17) is 21.3 Å². The summed E-state index contributed by atoms with van der Waals surface area (Å²) in [7, 11) is 0. The molecule has 31 heavy (non-hydrogen) atoms. The van der Waals surface area contributed by atoms with Crippen molar-refractivity contribution in [3.8, 4) is 0 Å². The maximum absolute atomic E-state index is 13.4. The summed E-state index contributed by atoms with van der Waals surface area (Å²) in [5.41, 5.74) is 3.75. The fourth-order valence-corrected chi connectivity index (χ4v) is 5.12. The first-order valence-electron chi connectivity index (χ1n) is 10.3. The van der Waals surface area contributed by atoms with Crippen LogP contribution in [0.4, 0.5) is 5.13 Å².